The number of ether oxygens (including phenoxy) is 1. The Kier molecular flexibility index (Phi) is 3.03. The highest BCUT2D eigenvalue weighted by Gasteiger charge is 2.47. The summed E-state index contributed by atoms with van der Waals surface area (Å²) in [5, 5.41) is 30.2. The second kappa shape index (κ2) is 4.58. The van der Waals surface area contributed by atoms with Gasteiger partial charge in [0.2, 0.25) is 0 Å². The Morgan fingerprint density at radius 2 is 2.16 bits per heavy atom. The van der Waals surface area contributed by atoms with Crippen LogP contribution < -0.4 is 5.84 Å². The fourth-order valence-electron chi connectivity index (χ4n) is 2.47. The lowest BCUT2D eigenvalue weighted by Gasteiger charge is -2.31. The Labute approximate surface area is 109 Å². The first kappa shape index (κ1) is 12.6. The Morgan fingerprint density at radius 1 is 1.37 bits per heavy atom. The molecule has 104 valence electrons. The fourth-order valence-corrected chi connectivity index (χ4v) is 2.47. The molecule has 0 amide bonds. The molecule has 0 bridgehead atoms. The standard InChI is InChI=1S/C11H16N4O4/c12-14-2-1-7-6(3-14)13-5-15(7)11-10(18)9(17)8(4-16)19-11/h1-3,5,7-11,16-18H,4,12H2/t7?,8-,9-,10-,11-/m1/s1. The number of nitrogens with zero attached hydrogens (tertiary/aromatic N) is 3. The Hall–Kier alpha value is -1.45. The Bertz CT molecular complexity index is 452. The van der Waals surface area contributed by atoms with Crippen molar-refractivity contribution in [1.29, 1.82) is 0 Å². The van der Waals surface area contributed by atoms with E-state index in [2.05, 4.69) is 4.99 Å². The molecule has 8 nitrogen and oxygen atoms in total. The van der Waals surface area contributed by atoms with Crippen LogP contribution in [-0.2, 0) is 4.74 Å². The predicted molar refractivity (Wildman–Crippen MR) is 65.1 cm³/mol. The highest BCUT2D eigenvalue weighted by atomic mass is 16.6. The van der Waals surface area contributed by atoms with Crippen molar-refractivity contribution >= 4 is 6.34 Å². The van der Waals surface area contributed by atoms with E-state index < -0.39 is 24.5 Å². The van der Waals surface area contributed by atoms with Crippen molar-refractivity contribution in [2.45, 2.75) is 30.6 Å². The summed E-state index contributed by atoms with van der Waals surface area (Å²) in [4.78, 5) is 5.89. The smallest absolute Gasteiger partial charge is 0.161 e. The molecule has 0 aromatic carbocycles. The molecule has 1 unspecified atom stereocenters. The van der Waals surface area contributed by atoms with Gasteiger partial charge in [0.1, 0.15) is 18.3 Å². The van der Waals surface area contributed by atoms with Gasteiger partial charge < -0.3 is 25.0 Å². The second-order valence-electron chi connectivity index (χ2n) is 4.71. The zero-order valence-corrected chi connectivity index (χ0v) is 10.1. The minimum atomic E-state index is -1.12. The van der Waals surface area contributed by atoms with E-state index in [1.165, 1.54) is 5.01 Å². The molecule has 0 aliphatic carbocycles. The maximum Gasteiger partial charge on any atom is 0.161 e. The van der Waals surface area contributed by atoms with Crippen LogP contribution in [0.4, 0.5) is 0 Å². The van der Waals surface area contributed by atoms with E-state index in [4.69, 9.17) is 15.7 Å². The minimum absolute atomic E-state index is 0.191. The van der Waals surface area contributed by atoms with Gasteiger partial charge in [-0.25, -0.2) is 10.8 Å². The third kappa shape index (κ3) is 1.94. The van der Waals surface area contributed by atoms with Crippen molar-refractivity contribution in [3.63, 3.8) is 0 Å². The number of hydrogen-bond acceptors (Lipinski definition) is 8. The first-order valence-electron chi connectivity index (χ1n) is 5.99. The van der Waals surface area contributed by atoms with Crippen LogP contribution in [-0.4, -0.2) is 68.8 Å². The maximum atomic E-state index is 9.99. The molecule has 5 atom stereocenters. The molecule has 1 fully saturated rings. The van der Waals surface area contributed by atoms with Crippen molar-refractivity contribution in [2.75, 3.05) is 6.61 Å². The average molecular weight is 268 g/mol. The molecule has 5 N–H and O–H groups in total. The topological polar surface area (TPSA) is 115 Å². The van der Waals surface area contributed by atoms with Crippen LogP contribution in [0.5, 0.6) is 0 Å². The lowest BCUT2D eigenvalue weighted by atomic mass is 10.1. The van der Waals surface area contributed by atoms with Crippen LogP contribution in [0.3, 0.4) is 0 Å². The van der Waals surface area contributed by atoms with Crippen molar-refractivity contribution in [1.82, 2.24) is 9.91 Å². The lowest BCUT2D eigenvalue weighted by Crippen LogP contribution is -2.47. The van der Waals surface area contributed by atoms with E-state index in [9.17, 15) is 10.2 Å². The summed E-state index contributed by atoms with van der Waals surface area (Å²) < 4.78 is 5.47. The molecule has 0 saturated carbocycles. The fraction of sp³-hybridized carbons (Fsp3) is 0.545. The van der Waals surface area contributed by atoms with Gasteiger partial charge in [-0.05, 0) is 6.08 Å². The third-order valence-electron chi connectivity index (χ3n) is 3.50. The molecule has 3 rings (SSSR count). The number of aliphatic hydroxyl groups is 3. The highest BCUT2D eigenvalue weighted by molar-refractivity contribution is 5.64. The summed E-state index contributed by atoms with van der Waals surface area (Å²) in [6, 6.07) is -0.191. The van der Waals surface area contributed by atoms with Gasteiger partial charge in [0.05, 0.1) is 24.7 Å². The minimum Gasteiger partial charge on any atom is -0.394 e. The maximum absolute atomic E-state index is 9.99. The molecule has 0 spiro atoms. The molecule has 0 aromatic rings. The van der Waals surface area contributed by atoms with E-state index in [0.29, 0.717) is 0 Å². The van der Waals surface area contributed by atoms with Gasteiger partial charge in [-0.15, -0.1) is 0 Å². The first-order valence-corrected chi connectivity index (χ1v) is 5.99. The number of hydrazine groups is 1. The van der Waals surface area contributed by atoms with Gasteiger partial charge in [0.25, 0.3) is 0 Å². The number of aliphatic imine (C=N–C) groups is 1. The van der Waals surface area contributed by atoms with E-state index in [1.807, 2.05) is 6.08 Å². The molecule has 8 heteroatoms. The predicted octanol–water partition coefficient (Wildman–Crippen LogP) is -2.32. The lowest BCUT2D eigenvalue weighted by molar-refractivity contribution is -0.0720. The summed E-state index contributed by atoms with van der Waals surface area (Å²) in [7, 11) is 0. The molecule has 3 aliphatic heterocycles. The molecule has 0 aromatic heterocycles. The van der Waals surface area contributed by atoms with E-state index in [1.54, 1.807) is 23.6 Å². The summed E-state index contributed by atoms with van der Waals surface area (Å²) in [6.45, 7) is -0.348. The molecule has 0 radical (unpaired) electrons. The highest BCUT2D eigenvalue weighted by Crippen LogP contribution is 2.31. The normalized spacial score (nSPS) is 40.8. The summed E-state index contributed by atoms with van der Waals surface area (Å²) >= 11 is 0. The van der Waals surface area contributed by atoms with Crippen molar-refractivity contribution in [2.24, 2.45) is 10.8 Å². The second-order valence-corrected chi connectivity index (χ2v) is 4.71. The zero-order valence-electron chi connectivity index (χ0n) is 10.1. The number of fused-ring (bicyclic) bond motifs is 1. The van der Waals surface area contributed by atoms with Crippen LogP contribution in [0.1, 0.15) is 0 Å². The largest absolute Gasteiger partial charge is 0.394 e. The van der Waals surface area contributed by atoms with E-state index >= 15 is 0 Å². The van der Waals surface area contributed by atoms with E-state index in [0.717, 1.165) is 5.70 Å². The van der Waals surface area contributed by atoms with E-state index in [-0.39, 0.29) is 12.6 Å². The third-order valence-corrected chi connectivity index (χ3v) is 3.50. The molecule has 3 heterocycles. The van der Waals surface area contributed by atoms with Gasteiger partial charge >= 0.3 is 0 Å². The molecule has 19 heavy (non-hydrogen) atoms. The van der Waals surface area contributed by atoms with Crippen LogP contribution in [0.25, 0.3) is 0 Å². The number of nitrogens with two attached hydrogens (primary N) is 1. The van der Waals surface area contributed by atoms with Gasteiger partial charge in [0, 0.05) is 12.4 Å². The number of hydrogen-bond donors (Lipinski definition) is 4. The van der Waals surface area contributed by atoms with Gasteiger partial charge in [0.15, 0.2) is 6.23 Å². The number of rotatable bonds is 2. The van der Waals surface area contributed by atoms with Gasteiger partial charge in [-0.2, -0.15) is 0 Å². The summed E-state index contributed by atoms with van der Waals surface area (Å²) in [6.07, 6.45) is 2.94. The average Bonchev–Trinajstić information content (AvgIpc) is 2.92. The van der Waals surface area contributed by atoms with Gasteiger partial charge in [-0.1, -0.05) is 0 Å². The Balaban J connectivity index is 1.80. The monoisotopic (exact) mass is 268 g/mol. The SMILES string of the molecule is NN1C=CC2C(=C1)N=CN2[C@@H]1O[C@H](CO)[C@@H](O)[C@H]1O. The van der Waals surface area contributed by atoms with Crippen LogP contribution >= 0.6 is 0 Å². The Morgan fingerprint density at radius 3 is 2.84 bits per heavy atom. The quantitative estimate of drug-likeness (QED) is 0.416. The number of aliphatic hydroxyl groups excluding tert-OH is 3. The zero-order chi connectivity index (χ0) is 13.6. The summed E-state index contributed by atoms with van der Waals surface area (Å²) in [5.74, 6) is 5.61. The van der Waals surface area contributed by atoms with Crippen LogP contribution in [0.2, 0.25) is 0 Å². The van der Waals surface area contributed by atoms with Crippen LogP contribution in [0.15, 0.2) is 29.2 Å². The van der Waals surface area contributed by atoms with Crippen molar-refractivity contribution in [3.05, 3.63) is 24.2 Å². The molecule has 1 saturated heterocycles. The van der Waals surface area contributed by atoms with Crippen LogP contribution in [0, 0.1) is 0 Å². The first-order chi connectivity index (χ1) is 9.11. The van der Waals surface area contributed by atoms with Crippen molar-refractivity contribution < 1.29 is 20.1 Å². The molecular weight excluding hydrogens is 252 g/mol. The van der Waals surface area contributed by atoms with Gasteiger partial charge in [-0.3, -0.25) is 5.01 Å². The molecular formula is C11H16N4O4. The molecule has 3 aliphatic rings. The van der Waals surface area contributed by atoms with Crippen molar-refractivity contribution in [3.8, 4) is 0 Å². The summed E-state index contributed by atoms with van der Waals surface area (Å²) in [5.41, 5.74) is 0.725.